The molecule has 1 spiro atoms. The van der Waals surface area contributed by atoms with Gasteiger partial charge in [-0.15, -0.1) is 0 Å². The number of imide groups is 1. The first-order valence-corrected chi connectivity index (χ1v) is 7.19. The zero-order chi connectivity index (χ0) is 15.0. The summed E-state index contributed by atoms with van der Waals surface area (Å²) in [6.45, 7) is 5.08. The maximum absolute atomic E-state index is 12.5. The van der Waals surface area contributed by atoms with Crippen LogP contribution in [-0.4, -0.2) is 40.6 Å². The molecule has 2 aliphatic heterocycles. The molecule has 2 fully saturated rings. The van der Waals surface area contributed by atoms with E-state index in [0.717, 1.165) is 11.4 Å². The highest BCUT2D eigenvalue weighted by molar-refractivity contribution is 6.07. The van der Waals surface area contributed by atoms with Crippen LogP contribution in [0.15, 0.2) is 18.2 Å². The van der Waals surface area contributed by atoms with Crippen molar-refractivity contribution in [2.75, 3.05) is 13.2 Å². The fraction of sp³-hybridized carbons (Fsp3) is 0.533. The molecule has 3 heterocycles. The summed E-state index contributed by atoms with van der Waals surface area (Å²) in [4.78, 5) is 30.3. The molecular formula is C15H19N3O3. The van der Waals surface area contributed by atoms with Crippen LogP contribution in [0.2, 0.25) is 0 Å². The summed E-state index contributed by atoms with van der Waals surface area (Å²) in [6.07, 6.45) is 0.535. The Morgan fingerprint density at radius 2 is 2.24 bits per heavy atom. The lowest BCUT2D eigenvalue weighted by Crippen LogP contribution is -2.47. The van der Waals surface area contributed by atoms with Crippen LogP contribution in [0.5, 0.6) is 0 Å². The molecule has 21 heavy (non-hydrogen) atoms. The van der Waals surface area contributed by atoms with Crippen molar-refractivity contribution in [3.05, 3.63) is 29.6 Å². The Morgan fingerprint density at radius 3 is 2.90 bits per heavy atom. The summed E-state index contributed by atoms with van der Waals surface area (Å²) in [6, 6.07) is 5.33. The van der Waals surface area contributed by atoms with E-state index in [1.807, 2.05) is 18.2 Å². The lowest BCUT2D eigenvalue weighted by molar-refractivity contribution is -0.131. The summed E-state index contributed by atoms with van der Waals surface area (Å²) in [7, 11) is 0. The Balaban J connectivity index is 1.80. The molecule has 6 nitrogen and oxygen atoms in total. The van der Waals surface area contributed by atoms with Crippen LogP contribution in [-0.2, 0) is 16.1 Å². The summed E-state index contributed by atoms with van der Waals surface area (Å²) >= 11 is 0. The van der Waals surface area contributed by atoms with Gasteiger partial charge in [0, 0.05) is 18.7 Å². The topological polar surface area (TPSA) is 71.5 Å². The van der Waals surface area contributed by atoms with Crippen LogP contribution < -0.4 is 5.32 Å². The van der Waals surface area contributed by atoms with E-state index in [0.29, 0.717) is 18.9 Å². The SMILES string of the molecule is CC(C)c1cccc(CN2C(=O)N[C@@]3(CCOC3)C2=O)n1. The second-order valence-electron chi connectivity index (χ2n) is 5.91. The molecule has 2 aliphatic rings. The fourth-order valence-electron chi connectivity index (χ4n) is 2.72. The summed E-state index contributed by atoms with van der Waals surface area (Å²) < 4.78 is 5.27. The maximum Gasteiger partial charge on any atom is 0.325 e. The zero-order valence-corrected chi connectivity index (χ0v) is 12.3. The van der Waals surface area contributed by atoms with E-state index >= 15 is 0 Å². The van der Waals surface area contributed by atoms with Crippen molar-refractivity contribution in [2.24, 2.45) is 0 Å². The third-order valence-electron chi connectivity index (χ3n) is 4.01. The van der Waals surface area contributed by atoms with E-state index in [1.54, 1.807) is 0 Å². The number of rotatable bonds is 3. The minimum atomic E-state index is -0.854. The highest BCUT2D eigenvalue weighted by Crippen LogP contribution is 2.27. The Kier molecular flexibility index (Phi) is 3.41. The molecule has 0 aliphatic carbocycles. The van der Waals surface area contributed by atoms with Gasteiger partial charge in [0.2, 0.25) is 0 Å². The molecule has 0 unspecified atom stereocenters. The van der Waals surface area contributed by atoms with E-state index in [1.165, 1.54) is 4.90 Å². The number of hydrogen-bond acceptors (Lipinski definition) is 4. The number of amides is 3. The van der Waals surface area contributed by atoms with Crippen molar-refractivity contribution in [1.29, 1.82) is 0 Å². The molecule has 1 atom stereocenters. The largest absolute Gasteiger partial charge is 0.378 e. The molecule has 0 saturated carbocycles. The number of pyridine rings is 1. The number of urea groups is 1. The van der Waals surface area contributed by atoms with Crippen molar-refractivity contribution in [3.8, 4) is 0 Å². The quantitative estimate of drug-likeness (QED) is 0.854. The lowest BCUT2D eigenvalue weighted by atomic mass is 9.99. The van der Waals surface area contributed by atoms with Crippen LogP contribution in [0.3, 0.4) is 0 Å². The van der Waals surface area contributed by atoms with Crippen molar-refractivity contribution < 1.29 is 14.3 Å². The van der Waals surface area contributed by atoms with Crippen molar-refractivity contribution >= 4 is 11.9 Å². The second kappa shape index (κ2) is 5.11. The number of hydrogen-bond donors (Lipinski definition) is 1. The maximum atomic E-state index is 12.5. The molecule has 1 aromatic heterocycles. The lowest BCUT2D eigenvalue weighted by Gasteiger charge is -2.18. The Bertz CT molecular complexity index is 579. The minimum absolute atomic E-state index is 0.201. The third kappa shape index (κ3) is 2.40. The van der Waals surface area contributed by atoms with Crippen molar-refractivity contribution in [1.82, 2.24) is 15.2 Å². The molecule has 1 N–H and O–H groups in total. The standard InChI is InChI=1S/C15H19N3O3/c1-10(2)12-5-3-4-11(16-12)8-18-13(19)15(17-14(18)20)6-7-21-9-15/h3-5,10H,6-9H2,1-2H3,(H,17,20)/t15-/m1/s1. The first kappa shape index (κ1) is 14.0. The smallest absolute Gasteiger partial charge is 0.325 e. The van der Waals surface area contributed by atoms with Gasteiger partial charge in [0.25, 0.3) is 5.91 Å². The van der Waals surface area contributed by atoms with Gasteiger partial charge in [0.15, 0.2) is 0 Å². The van der Waals surface area contributed by atoms with Gasteiger partial charge in [0.05, 0.1) is 18.8 Å². The zero-order valence-electron chi connectivity index (χ0n) is 12.3. The molecular weight excluding hydrogens is 270 g/mol. The van der Waals surface area contributed by atoms with Gasteiger partial charge < -0.3 is 10.1 Å². The second-order valence-corrected chi connectivity index (χ2v) is 5.91. The number of nitrogens with zero attached hydrogens (tertiary/aromatic N) is 2. The van der Waals surface area contributed by atoms with Crippen molar-refractivity contribution in [3.63, 3.8) is 0 Å². The molecule has 3 rings (SSSR count). The highest BCUT2D eigenvalue weighted by Gasteiger charge is 2.53. The fourth-order valence-corrected chi connectivity index (χ4v) is 2.72. The molecule has 3 amide bonds. The first-order chi connectivity index (χ1) is 10.0. The normalized spacial score (nSPS) is 25.2. The summed E-state index contributed by atoms with van der Waals surface area (Å²) in [5.41, 5.74) is 0.825. The van der Waals surface area contributed by atoms with Gasteiger partial charge in [0.1, 0.15) is 5.54 Å². The predicted molar refractivity (Wildman–Crippen MR) is 75.6 cm³/mol. The Hall–Kier alpha value is -1.95. The molecule has 0 aromatic carbocycles. The van der Waals surface area contributed by atoms with Gasteiger partial charge >= 0.3 is 6.03 Å². The average molecular weight is 289 g/mol. The molecule has 6 heteroatoms. The summed E-state index contributed by atoms with van der Waals surface area (Å²) in [5, 5.41) is 2.77. The molecule has 2 saturated heterocycles. The number of ether oxygens (including phenoxy) is 1. The van der Waals surface area contributed by atoms with Crippen LogP contribution in [0.4, 0.5) is 4.79 Å². The van der Waals surface area contributed by atoms with Gasteiger partial charge in [-0.05, 0) is 18.1 Å². The molecule has 0 radical (unpaired) electrons. The van der Waals surface area contributed by atoms with Crippen LogP contribution in [0.1, 0.15) is 37.6 Å². The molecule has 0 bridgehead atoms. The predicted octanol–water partition coefficient (Wildman–Crippen LogP) is 1.42. The number of carbonyl (C=O) groups is 2. The van der Waals surface area contributed by atoms with Gasteiger partial charge in [-0.1, -0.05) is 19.9 Å². The average Bonchev–Trinajstić information content (AvgIpc) is 3.01. The van der Waals surface area contributed by atoms with E-state index < -0.39 is 5.54 Å². The Labute approximate surface area is 123 Å². The van der Waals surface area contributed by atoms with Gasteiger partial charge in [-0.25, -0.2) is 4.79 Å². The van der Waals surface area contributed by atoms with Crippen LogP contribution in [0, 0.1) is 0 Å². The number of nitrogens with one attached hydrogen (secondary N) is 1. The summed E-state index contributed by atoms with van der Waals surface area (Å²) in [5.74, 6) is 0.101. The Morgan fingerprint density at radius 1 is 1.43 bits per heavy atom. The highest BCUT2D eigenvalue weighted by atomic mass is 16.5. The first-order valence-electron chi connectivity index (χ1n) is 7.19. The van der Waals surface area contributed by atoms with E-state index in [2.05, 4.69) is 24.1 Å². The van der Waals surface area contributed by atoms with Crippen molar-refractivity contribution in [2.45, 2.75) is 38.3 Å². The van der Waals surface area contributed by atoms with Crippen LogP contribution >= 0.6 is 0 Å². The van der Waals surface area contributed by atoms with E-state index in [-0.39, 0.29) is 25.1 Å². The van der Waals surface area contributed by atoms with Gasteiger partial charge in [-0.2, -0.15) is 0 Å². The molecule has 1 aromatic rings. The minimum Gasteiger partial charge on any atom is -0.378 e. The monoisotopic (exact) mass is 289 g/mol. The van der Waals surface area contributed by atoms with Gasteiger partial charge in [-0.3, -0.25) is 14.7 Å². The van der Waals surface area contributed by atoms with Crippen LogP contribution in [0.25, 0.3) is 0 Å². The number of carbonyl (C=O) groups excluding carboxylic acids is 2. The molecule has 112 valence electrons. The van der Waals surface area contributed by atoms with E-state index in [9.17, 15) is 9.59 Å². The van der Waals surface area contributed by atoms with E-state index in [4.69, 9.17) is 4.74 Å². The number of aromatic nitrogens is 1. The third-order valence-corrected chi connectivity index (χ3v) is 4.01.